The number of carbonyl (C=O) groups is 2. The quantitative estimate of drug-likeness (QED) is 0.335. The van der Waals surface area contributed by atoms with Crippen LogP contribution in [-0.2, 0) is 5.60 Å². The molecular weight excluding hydrogens is 418 g/mol. The van der Waals surface area contributed by atoms with Crippen molar-refractivity contribution in [1.29, 1.82) is 0 Å². The Morgan fingerprint density at radius 3 is 1.91 bits per heavy atom. The van der Waals surface area contributed by atoms with Gasteiger partial charge in [0.2, 0.25) is 0 Å². The van der Waals surface area contributed by atoms with Crippen molar-refractivity contribution in [3.63, 3.8) is 0 Å². The van der Waals surface area contributed by atoms with Crippen molar-refractivity contribution in [3.05, 3.63) is 129 Å². The van der Waals surface area contributed by atoms with Gasteiger partial charge in [-0.1, -0.05) is 78.9 Å². The molecule has 7 heteroatoms. The minimum Gasteiger partial charge on any atom is -0.384 e. The van der Waals surface area contributed by atoms with E-state index in [-0.39, 0.29) is 16.9 Å². The molecule has 0 unspecified atom stereocenters. The number of nitrogens with two attached hydrogens (primary N) is 1. The number of hydrogen-bond donors (Lipinski definition) is 3. The second-order valence-corrected chi connectivity index (χ2v) is 7.73. The molecule has 0 saturated carbocycles. The van der Waals surface area contributed by atoms with Gasteiger partial charge in [0.1, 0.15) is 11.4 Å². The molecule has 3 aromatic carbocycles. The Bertz CT molecular complexity index is 1420. The van der Waals surface area contributed by atoms with Crippen molar-refractivity contribution in [3.8, 4) is 5.69 Å². The van der Waals surface area contributed by atoms with Crippen LogP contribution in [0.15, 0.2) is 95.8 Å². The Morgan fingerprint density at radius 2 is 1.30 bits per heavy atom. The average Bonchev–Trinajstić information content (AvgIpc) is 3.13. The maximum atomic E-state index is 13.1. The number of aliphatic hydroxyl groups is 1. The summed E-state index contributed by atoms with van der Waals surface area (Å²) in [4.78, 5) is 37.5. The van der Waals surface area contributed by atoms with E-state index in [1.807, 2.05) is 36.4 Å². The Morgan fingerprint density at radius 1 is 0.758 bits per heavy atom. The van der Waals surface area contributed by atoms with Gasteiger partial charge in [-0.25, -0.2) is 0 Å². The van der Waals surface area contributed by atoms with E-state index in [1.54, 1.807) is 48.5 Å². The third-order valence-electron chi connectivity index (χ3n) is 5.87. The van der Waals surface area contributed by atoms with Gasteiger partial charge >= 0.3 is 0 Å². The Kier molecular flexibility index (Phi) is 4.69. The van der Waals surface area contributed by atoms with Gasteiger partial charge in [-0.3, -0.25) is 24.3 Å². The zero-order valence-electron chi connectivity index (χ0n) is 17.4. The molecule has 0 fully saturated rings. The van der Waals surface area contributed by atoms with Crippen molar-refractivity contribution < 1.29 is 14.7 Å². The van der Waals surface area contributed by atoms with Gasteiger partial charge in [0.25, 0.3) is 17.4 Å². The molecule has 1 aromatic heterocycles. The molecule has 162 valence electrons. The molecule has 7 nitrogen and oxygen atoms in total. The summed E-state index contributed by atoms with van der Waals surface area (Å²) in [5.74, 6) is -1.50. The minimum absolute atomic E-state index is 0.0578. The number of nitrogen functional groups attached to an aromatic ring is 1. The zero-order chi connectivity index (χ0) is 23.2. The van der Waals surface area contributed by atoms with Crippen LogP contribution < -0.4 is 16.6 Å². The topological polar surface area (TPSA) is 114 Å². The minimum atomic E-state index is -1.64. The fourth-order valence-corrected chi connectivity index (χ4v) is 4.34. The lowest BCUT2D eigenvalue weighted by molar-refractivity contribution is 0.0880. The summed E-state index contributed by atoms with van der Waals surface area (Å²) in [6, 6.07) is 26.0. The van der Waals surface area contributed by atoms with Gasteiger partial charge < -0.3 is 10.8 Å². The second-order valence-electron chi connectivity index (χ2n) is 7.73. The number of rotatable bonds is 4. The van der Waals surface area contributed by atoms with Crippen LogP contribution in [-0.4, -0.2) is 21.5 Å². The first-order chi connectivity index (χ1) is 15.9. The number of nitrogens with one attached hydrogen (secondary N) is 1. The lowest BCUT2D eigenvalue weighted by Gasteiger charge is -2.32. The van der Waals surface area contributed by atoms with E-state index in [2.05, 4.69) is 5.32 Å². The molecule has 2 amide bonds. The molecule has 0 radical (unpaired) electrons. The fourth-order valence-electron chi connectivity index (χ4n) is 4.34. The fraction of sp³-hybridized carbons (Fsp3) is 0.0385. The number of imide groups is 1. The first kappa shape index (κ1) is 20.4. The van der Waals surface area contributed by atoms with Gasteiger partial charge in [0.15, 0.2) is 0 Å². The van der Waals surface area contributed by atoms with Crippen LogP contribution in [0, 0.1) is 0 Å². The van der Waals surface area contributed by atoms with Crippen molar-refractivity contribution in [1.82, 2.24) is 9.88 Å². The van der Waals surface area contributed by atoms with Crippen LogP contribution in [0.4, 0.5) is 5.82 Å². The predicted octanol–water partition coefficient (Wildman–Crippen LogP) is 2.59. The highest BCUT2D eigenvalue weighted by Gasteiger charge is 2.38. The van der Waals surface area contributed by atoms with E-state index in [4.69, 9.17) is 5.73 Å². The number of carbonyl (C=O) groups excluding carboxylic acids is 2. The summed E-state index contributed by atoms with van der Waals surface area (Å²) in [5, 5.41) is 14.4. The van der Waals surface area contributed by atoms with Gasteiger partial charge in [-0.15, -0.1) is 0 Å². The number of benzene rings is 3. The molecule has 5 rings (SSSR count). The van der Waals surface area contributed by atoms with E-state index in [9.17, 15) is 19.5 Å². The third-order valence-corrected chi connectivity index (χ3v) is 5.87. The van der Waals surface area contributed by atoms with E-state index in [1.165, 1.54) is 0 Å². The van der Waals surface area contributed by atoms with Crippen molar-refractivity contribution in [2.24, 2.45) is 0 Å². The number of pyridine rings is 1. The summed E-state index contributed by atoms with van der Waals surface area (Å²) < 4.78 is 1.16. The molecule has 2 heterocycles. The Hall–Kier alpha value is -4.49. The van der Waals surface area contributed by atoms with Gasteiger partial charge in [-0.05, 0) is 17.2 Å². The highest BCUT2D eigenvalue weighted by Crippen LogP contribution is 2.40. The molecule has 1 aliphatic rings. The van der Waals surface area contributed by atoms with Crippen LogP contribution in [0.25, 0.3) is 5.69 Å². The molecular formula is C26H19N3O4. The molecule has 0 aliphatic carbocycles. The molecule has 1 aliphatic heterocycles. The molecule has 0 bridgehead atoms. The zero-order valence-corrected chi connectivity index (χ0v) is 17.4. The monoisotopic (exact) mass is 437 g/mol. The number of aromatic nitrogens is 1. The first-order valence-corrected chi connectivity index (χ1v) is 10.3. The number of amides is 2. The van der Waals surface area contributed by atoms with Gasteiger partial charge in [0, 0.05) is 11.6 Å². The SMILES string of the molecule is Nc1c2c(cc(=O)n1-c1ccccc1C(O)(c1ccccc1)c1ccccc1)C(=O)NC2=O. The number of anilines is 1. The highest BCUT2D eigenvalue weighted by molar-refractivity contribution is 6.23. The van der Waals surface area contributed by atoms with Crippen molar-refractivity contribution in [2.75, 3.05) is 5.73 Å². The lowest BCUT2D eigenvalue weighted by atomic mass is 9.79. The number of para-hydroxylation sites is 1. The number of hydrogen-bond acceptors (Lipinski definition) is 5. The second kappa shape index (κ2) is 7.58. The van der Waals surface area contributed by atoms with Crippen LogP contribution in [0.1, 0.15) is 37.4 Å². The summed E-state index contributed by atoms with van der Waals surface area (Å²) >= 11 is 0. The van der Waals surface area contributed by atoms with Crippen LogP contribution >= 0.6 is 0 Å². The summed E-state index contributed by atoms with van der Waals surface area (Å²) in [6.45, 7) is 0. The molecule has 0 spiro atoms. The van der Waals surface area contributed by atoms with Crippen LogP contribution in [0.3, 0.4) is 0 Å². The van der Waals surface area contributed by atoms with E-state index < -0.39 is 23.0 Å². The maximum absolute atomic E-state index is 13.1. The maximum Gasteiger partial charge on any atom is 0.262 e. The standard InChI is InChI=1S/C26H19N3O4/c27-23-22-18(24(31)28-25(22)32)15-21(30)29(23)20-14-8-7-13-19(20)26(33,16-9-3-1-4-10-16)17-11-5-2-6-12-17/h1-15,33H,27H2,(H,28,31,32). The van der Waals surface area contributed by atoms with Crippen LogP contribution in [0.2, 0.25) is 0 Å². The molecule has 4 N–H and O–H groups in total. The third kappa shape index (κ3) is 3.06. The van der Waals surface area contributed by atoms with E-state index >= 15 is 0 Å². The van der Waals surface area contributed by atoms with E-state index in [0.717, 1.165) is 10.6 Å². The van der Waals surface area contributed by atoms with Crippen LogP contribution in [0.5, 0.6) is 0 Å². The molecule has 0 atom stereocenters. The largest absolute Gasteiger partial charge is 0.384 e. The number of fused-ring (bicyclic) bond motifs is 1. The molecule has 0 saturated heterocycles. The van der Waals surface area contributed by atoms with Crippen molar-refractivity contribution >= 4 is 17.6 Å². The summed E-state index contributed by atoms with van der Waals surface area (Å²) in [7, 11) is 0. The van der Waals surface area contributed by atoms with Gasteiger partial charge in [-0.2, -0.15) is 0 Å². The number of nitrogens with zero attached hydrogens (tertiary/aromatic N) is 1. The Labute approximate surface area is 188 Å². The normalized spacial score (nSPS) is 13.0. The smallest absolute Gasteiger partial charge is 0.262 e. The molecule has 33 heavy (non-hydrogen) atoms. The average molecular weight is 437 g/mol. The van der Waals surface area contributed by atoms with Gasteiger partial charge in [0.05, 0.1) is 16.8 Å². The van der Waals surface area contributed by atoms with Crippen molar-refractivity contribution in [2.45, 2.75) is 5.60 Å². The summed E-state index contributed by atoms with van der Waals surface area (Å²) in [6.07, 6.45) is 0. The summed E-state index contributed by atoms with van der Waals surface area (Å²) in [5.41, 5.74) is 5.80. The molecule has 4 aromatic rings. The first-order valence-electron chi connectivity index (χ1n) is 10.3. The highest BCUT2D eigenvalue weighted by atomic mass is 16.3. The lowest BCUT2D eigenvalue weighted by Crippen LogP contribution is -2.33. The Balaban J connectivity index is 1.84. The predicted molar refractivity (Wildman–Crippen MR) is 123 cm³/mol. The van der Waals surface area contributed by atoms with E-state index in [0.29, 0.717) is 22.4 Å².